The summed E-state index contributed by atoms with van der Waals surface area (Å²) in [4.78, 5) is 10.8. The van der Waals surface area contributed by atoms with Gasteiger partial charge in [-0.1, -0.05) is 0 Å². The van der Waals surface area contributed by atoms with Crippen molar-refractivity contribution in [1.82, 2.24) is 0 Å². The molecule has 0 aliphatic carbocycles. The van der Waals surface area contributed by atoms with E-state index in [4.69, 9.17) is 5.11 Å². The molecule has 1 heterocycles. The second-order valence-electron chi connectivity index (χ2n) is 4.13. The normalized spacial score (nSPS) is 11.4. The smallest absolute Gasteiger partial charge is 0.345 e. The van der Waals surface area contributed by atoms with Gasteiger partial charge in [0, 0.05) is 8.95 Å². The molecule has 2 aromatic rings. The average molecular weight is 455 g/mol. The third-order valence-corrected chi connectivity index (χ3v) is 6.65. The monoisotopic (exact) mass is 453 g/mol. The van der Waals surface area contributed by atoms with E-state index < -0.39 is 16.0 Å². The molecular weight excluding hydrogens is 446 g/mol. The van der Waals surface area contributed by atoms with Crippen molar-refractivity contribution >= 4 is 64.9 Å². The van der Waals surface area contributed by atoms with Crippen molar-refractivity contribution in [3.05, 3.63) is 43.7 Å². The number of nitrogens with one attached hydrogen (secondary N) is 1. The minimum Gasteiger partial charge on any atom is -0.477 e. The largest absolute Gasteiger partial charge is 0.477 e. The molecule has 5 nitrogen and oxygen atoms in total. The fraction of sp³-hybridized carbons (Fsp3) is 0.0833. The zero-order chi connectivity index (χ0) is 15.8. The number of sulfonamides is 1. The van der Waals surface area contributed by atoms with E-state index in [0.717, 1.165) is 5.56 Å². The van der Waals surface area contributed by atoms with Crippen LogP contribution in [-0.2, 0) is 10.0 Å². The van der Waals surface area contributed by atoms with Crippen molar-refractivity contribution in [3.63, 3.8) is 0 Å². The Morgan fingerprint density at radius 2 is 1.81 bits per heavy atom. The zero-order valence-electron chi connectivity index (χ0n) is 10.6. The first-order valence-electron chi connectivity index (χ1n) is 5.52. The van der Waals surface area contributed by atoms with Crippen molar-refractivity contribution in [3.8, 4) is 0 Å². The molecule has 0 fully saturated rings. The maximum absolute atomic E-state index is 12.3. The van der Waals surface area contributed by atoms with Gasteiger partial charge in [0.1, 0.15) is 9.09 Å². The fourth-order valence-corrected chi connectivity index (χ4v) is 5.68. The Labute approximate surface area is 142 Å². The molecule has 0 unspecified atom stereocenters. The second kappa shape index (κ2) is 6.07. The standard InChI is InChI=1S/C12H9Br2NO4S2/c1-6-4-7(13)11(8(14)5-6)15-21(18,19)10-3-2-9(20-10)12(16)17/h2-5,15H,1H3,(H,16,17). The number of carboxylic acid groups (broad SMARTS) is 1. The van der Waals surface area contributed by atoms with E-state index in [9.17, 15) is 13.2 Å². The van der Waals surface area contributed by atoms with Gasteiger partial charge in [-0.15, -0.1) is 11.3 Å². The minimum atomic E-state index is -3.84. The van der Waals surface area contributed by atoms with Gasteiger partial charge in [-0.25, -0.2) is 13.2 Å². The van der Waals surface area contributed by atoms with Crippen LogP contribution in [-0.4, -0.2) is 19.5 Å². The van der Waals surface area contributed by atoms with Crippen molar-refractivity contribution in [2.75, 3.05) is 4.72 Å². The Morgan fingerprint density at radius 1 is 1.24 bits per heavy atom. The molecular formula is C12H9Br2NO4S2. The number of thiophene rings is 1. The lowest BCUT2D eigenvalue weighted by Crippen LogP contribution is -2.12. The molecule has 0 radical (unpaired) electrons. The number of benzene rings is 1. The molecule has 0 aliphatic rings. The van der Waals surface area contributed by atoms with Crippen LogP contribution in [0.4, 0.5) is 5.69 Å². The lowest BCUT2D eigenvalue weighted by atomic mass is 10.2. The molecule has 9 heteroatoms. The van der Waals surface area contributed by atoms with Crippen LogP contribution in [0.15, 0.2) is 37.4 Å². The van der Waals surface area contributed by atoms with Crippen LogP contribution < -0.4 is 4.72 Å². The fourth-order valence-electron chi connectivity index (χ4n) is 1.56. The summed E-state index contributed by atoms with van der Waals surface area (Å²) in [5.41, 5.74) is 1.33. The van der Waals surface area contributed by atoms with Crippen molar-refractivity contribution in [2.45, 2.75) is 11.1 Å². The molecule has 1 aromatic heterocycles. The summed E-state index contributed by atoms with van der Waals surface area (Å²) in [6.07, 6.45) is 0. The minimum absolute atomic E-state index is 0.0302. The zero-order valence-corrected chi connectivity index (χ0v) is 15.4. The second-order valence-corrected chi connectivity index (χ2v) is 8.83. The molecule has 0 aliphatic heterocycles. The molecule has 2 N–H and O–H groups in total. The Hall–Kier alpha value is -0.900. The number of anilines is 1. The Balaban J connectivity index is 2.40. The van der Waals surface area contributed by atoms with E-state index >= 15 is 0 Å². The van der Waals surface area contributed by atoms with Gasteiger partial charge in [-0.2, -0.15) is 0 Å². The number of carboxylic acids is 1. The first kappa shape index (κ1) is 16.5. The van der Waals surface area contributed by atoms with Crippen LogP contribution in [0.5, 0.6) is 0 Å². The van der Waals surface area contributed by atoms with E-state index in [0.29, 0.717) is 26.0 Å². The van der Waals surface area contributed by atoms with Crippen molar-refractivity contribution in [2.24, 2.45) is 0 Å². The predicted molar refractivity (Wildman–Crippen MR) is 88.7 cm³/mol. The third-order valence-electron chi connectivity index (χ3n) is 2.48. The van der Waals surface area contributed by atoms with Gasteiger partial charge in [0.05, 0.1) is 5.69 Å². The average Bonchev–Trinajstić information content (AvgIpc) is 2.84. The summed E-state index contributed by atoms with van der Waals surface area (Å²) in [5, 5.41) is 8.85. The first-order chi connectivity index (χ1) is 9.70. The number of hydrogen-bond acceptors (Lipinski definition) is 4. The molecule has 0 spiro atoms. The van der Waals surface area contributed by atoms with Gasteiger partial charge < -0.3 is 5.11 Å². The van der Waals surface area contributed by atoms with E-state index in [1.807, 2.05) is 6.92 Å². The highest BCUT2D eigenvalue weighted by Crippen LogP contribution is 2.34. The van der Waals surface area contributed by atoms with Crippen LogP contribution in [0, 0.1) is 6.92 Å². The molecule has 0 amide bonds. The van der Waals surface area contributed by atoms with Crippen LogP contribution >= 0.6 is 43.2 Å². The van der Waals surface area contributed by atoms with Crippen LogP contribution in [0.3, 0.4) is 0 Å². The highest BCUT2D eigenvalue weighted by atomic mass is 79.9. The highest BCUT2D eigenvalue weighted by molar-refractivity contribution is 9.11. The molecule has 112 valence electrons. The Morgan fingerprint density at radius 3 is 2.29 bits per heavy atom. The van der Waals surface area contributed by atoms with Gasteiger partial charge in [-0.05, 0) is 68.6 Å². The van der Waals surface area contributed by atoms with E-state index in [1.165, 1.54) is 12.1 Å². The summed E-state index contributed by atoms with van der Waals surface area (Å²) in [7, 11) is -3.84. The molecule has 0 atom stereocenters. The van der Waals surface area contributed by atoms with E-state index in [1.54, 1.807) is 12.1 Å². The Bertz CT molecular complexity index is 791. The number of rotatable bonds is 4. The summed E-state index contributed by atoms with van der Waals surface area (Å²) in [6, 6.07) is 6.09. The van der Waals surface area contributed by atoms with Crippen molar-refractivity contribution < 1.29 is 18.3 Å². The quantitative estimate of drug-likeness (QED) is 0.728. The van der Waals surface area contributed by atoms with E-state index in [2.05, 4.69) is 36.6 Å². The maximum Gasteiger partial charge on any atom is 0.345 e. The topological polar surface area (TPSA) is 83.5 Å². The summed E-state index contributed by atoms with van der Waals surface area (Å²) in [5.74, 6) is -1.15. The predicted octanol–water partition coefficient (Wildman–Crippen LogP) is 4.08. The van der Waals surface area contributed by atoms with Gasteiger partial charge in [0.15, 0.2) is 0 Å². The maximum atomic E-state index is 12.3. The molecule has 21 heavy (non-hydrogen) atoms. The highest BCUT2D eigenvalue weighted by Gasteiger charge is 2.21. The van der Waals surface area contributed by atoms with Crippen LogP contribution in [0.1, 0.15) is 15.2 Å². The summed E-state index contributed by atoms with van der Waals surface area (Å²) in [6.45, 7) is 1.88. The lowest BCUT2D eigenvalue weighted by molar-refractivity contribution is 0.0702. The van der Waals surface area contributed by atoms with E-state index in [-0.39, 0.29) is 9.09 Å². The van der Waals surface area contributed by atoms with Crippen LogP contribution in [0.25, 0.3) is 0 Å². The molecule has 0 saturated carbocycles. The SMILES string of the molecule is Cc1cc(Br)c(NS(=O)(=O)c2ccc(C(=O)O)s2)c(Br)c1. The van der Waals surface area contributed by atoms with Gasteiger partial charge in [0.2, 0.25) is 0 Å². The number of carbonyl (C=O) groups is 1. The first-order valence-corrected chi connectivity index (χ1v) is 9.41. The van der Waals surface area contributed by atoms with Gasteiger partial charge >= 0.3 is 5.97 Å². The van der Waals surface area contributed by atoms with Crippen molar-refractivity contribution in [1.29, 1.82) is 0 Å². The van der Waals surface area contributed by atoms with Gasteiger partial charge in [0.25, 0.3) is 10.0 Å². The summed E-state index contributed by atoms with van der Waals surface area (Å²) >= 11 is 7.31. The third kappa shape index (κ3) is 3.65. The number of aromatic carboxylic acids is 1. The molecule has 2 rings (SSSR count). The molecule has 0 saturated heterocycles. The summed E-state index contributed by atoms with van der Waals surface area (Å²) < 4.78 is 28.2. The number of hydrogen-bond donors (Lipinski definition) is 2. The van der Waals surface area contributed by atoms with Crippen LogP contribution in [0.2, 0.25) is 0 Å². The van der Waals surface area contributed by atoms with Gasteiger partial charge in [-0.3, -0.25) is 4.72 Å². The lowest BCUT2D eigenvalue weighted by Gasteiger charge is -2.11. The number of aryl methyl sites for hydroxylation is 1. The molecule has 0 bridgehead atoms. The molecule has 1 aromatic carbocycles. The Kier molecular flexibility index (Phi) is 4.76. The number of halogens is 2.